The van der Waals surface area contributed by atoms with E-state index in [1.54, 1.807) is 12.1 Å². The fourth-order valence-electron chi connectivity index (χ4n) is 2.66. The van der Waals surface area contributed by atoms with Crippen LogP contribution in [0.3, 0.4) is 0 Å². The lowest BCUT2D eigenvalue weighted by molar-refractivity contribution is 0.211. The van der Waals surface area contributed by atoms with Gasteiger partial charge in [-0.15, -0.1) is 0 Å². The molecule has 1 aliphatic rings. The minimum atomic E-state index is -0.466. The second-order valence-corrected chi connectivity index (χ2v) is 5.41. The van der Waals surface area contributed by atoms with Crippen molar-refractivity contribution in [2.45, 2.75) is 32.4 Å². The van der Waals surface area contributed by atoms with Gasteiger partial charge in [0.15, 0.2) is 5.82 Å². The van der Waals surface area contributed by atoms with Crippen molar-refractivity contribution in [3.8, 4) is 0 Å². The molecule has 0 spiro atoms. The molecule has 6 heteroatoms. The van der Waals surface area contributed by atoms with Gasteiger partial charge in [-0.2, -0.15) is 0 Å². The van der Waals surface area contributed by atoms with E-state index in [0.29, 0.717) is 18.9 Å². The van der Waals surface area contributed by atoms with Crippen molar-refractivity contribution >= 4 is 0 Å². The monoisotopic (exact) mass is 291 g/mol. The van der Waals surface area contributed by atoms with Gasteiger partial charge in [0.1, 0.15) is 5.82 Å². The fraction of sp³-hybridized carbons (Fsp3) is 0.467. The first kappa shape index (κ1) is 14.0. The highest BCUT2D eigenvalue weighted by molar-refractivity contribution is 5.16. The maximum Gasteiger partial charge on any atom is 0.441 e. The maximum absolute atomic E-state index is 12.9. The predicted octanol–water partition coefficient (Wildman–Crippen LogP) is 2.01. The van der Waals surface area contributed by atoms with Gasteiger partial charge < -0.3 is 0 Å². The molecule has 2 heterocycles. The molecule has 1 aromatic heterocycles. The molecule has 0 saturated carbocycles. The Hall–Kier alpha value is -1.95. The van der Waals surface area contributed by atoms with Gasteiger partial charge in [0.25, 0.3) is 0 Å². The molecule has 5 nitrogen and oxygen atoms in total. The highest BCUT2D eigenvalue weighted by Gasteiger charge is 2.17. The molecule has 0 bridgehead atoms. The Balaban J connectivity index is 1.76. The van der Waals surface area contributed by atoms with Crippen LogP contribution < -0.4 is 5.76 Å². The standard InChI is InChI=1S/C15H18FN3O2/c16-13-6-4-12(5-7-13)10-19-14(17-21-15(19)20)11-18-8-2-1-3-9-18/h4-7H,1-3,8-11H2. The number of nitrogens with zero attached hydrogens (tertiary/aromatic N) is 3. The lowest BCUT2D eigenvalue weighted by Crippen LogP contribution is -2.31. The molecule has 1 aromatic carbocycles. The van der Waals surface area contributed by atoms with E-state index < -0.39 is 5.76 Å². The zero-order valence-electron chi connectivity index (χ0n) is 11.8. The van der Waals surface area contributed by atoms with Crippen LogP contribution in [0.2, 0.25) is 0 Å². The molecule has 3 rings (SSSR count). The van der Waals surface area contributed by atoms with Crippen molar-refractivity contribution in [3.63, 3.8) is 0 Å². The summed E-state index contributed by atoms with van der Waals surface area (Å²) in [4.78, 5) is 14.1. The molecule has 0 radical (unpaired) electrons. The maximum atomic E-state index is 12.9. The summed E-state index contributed by atoms with van der Waals surface area (Å²) in [5.74, 6) is -0.123. The number of hydrogen-bond donors (Lipinski definition) is 0. The Morgan fingerprint density at radius 2 is 1.81 bits per heavy atom. The third kappa shape index (κ3) is 3.39. The summed E-state index contributed by atoms with van der Waals surface area (Å²) < 4.78 is 19.2. The van der Waals surface area contributed by atoms with Crippen LogP contribution in [0.15, 0.2) is 33.6 Å². The van der Waals surface area contributed by atoms with E-state index in [-0.39, 0.29) is 5.82 Å². The lowest BCUT2D eigenvalue weighted by Gasteiger charge is -2.25. The van der Waals surface area contributed by atoms with Gasteiger partial charge in [0.05, 0.1) is 13.1 Å². The summed E-state index contributed by atoms with van der Waals surface area (Å²) in [5, 5.41) is 3.88. The predicted molar refractivity (Wildman–Crippen MR) is 75.4 cm³/mol. The molecular weight excluding hydrogens is 273 g/mol. The van der Waals surface area contributed by atoms with Crippen LogP contribution in [0.1, 0.15) is 30.7 Å². The van der Waals surface area contributed by atoms with E-state index in [0.717, 1.165) is 18.7 Å². The molecule has 0 N–H and O–H groups in total. The molecule has 0 amide bonds. The Kier molecular flexibility index (Phi) is 4.15. The number of likely N-dealkylation sites (tertiary alicyclic amines) is 1. The summed E-state index contributed by atoms with van der Waals surface area (Å²) in [7, 11) is 0. The van der Waals surface area contributed by atoms with Crippen molar-refractivity contribution < 1.29 is 8.91 Å². The van der Waals surface area contributed by atoms with E-state index in [1.165, 1.54) is 36.0 Å². The van der Waals surface area contributed by atoms with Crippen molar-refractivity contribution in [2.75, 3.05) is 13.1 Å². The van der Waals surface area contributed by atoms with Crippen LogP contribution in [0.25, 0.3) is 0 Å². The lowest BCUT2D eigenvalue weighted by atomic mass is 10.1. The van der Waals surface area contributed by atoms with Crippen LogP contribution in [-0.4, -0.2) is 27.7 Å². The summed E-state index contributed by atoms with van der Waals surface area (Å²) in [5.41, 5.74) is 0.849. The first-order valence-electron chi connectivity index (χ1n) is 7.24. The van der Waals surface area contributed by atoms with Gasteiger partial charge in [-0.05, 0) is 43.6 Å². The Morgan fingerprint density at radius 1 is 1.10 bits per heavy atom. The van der Waals surface area contributed by atoms with Gasteiger partial charge >= 0.3 is 5.76 Å². The zero-order chi connectivity index (χ0) is 14.7. The molecule has 1 aliphatic heterocycles. The van der Waals surface area contributed by atoms with Crippen LogP contribution in [0, 0.1) is 5.82 Å². The zero-order valence-corrected chi connectivity index (χ0v) is 11.8. The third-order valence-electron chi connectivity index (χ3n) is 3.83. The number of halogens is 1. The number of aromatic nitrogens is 2. The minimum absolute atomic E-state index is 0.287. The molecule has 1 saturated heterocycles. The topological polar surface area (TPSA) is 51.3 Å². The van der Waals surface area contributed by atoms with Crippen molar-refractivity contribution in [3.05, 3.63) is 52.0 Å². The van der Waals surface area contributed by atoms with Gasteiger partial charge in [-0.25, -0.2) is 9.18 Å². The number of rotatable bonds is 4. The largest absolute Gasteiger partial charge is 0.441 e. The van der Waals surface area contributed by atoms with Gasteiger partial charge in [0, 0.05) is 0 Å². The number of piperidine rings is 1. The summed E-state index contributed by atoms with van der Waals surface area (Å²) in [6.45, 7) is 3.02. The molecular formula is C15H18FN3O2. The first-order chi connectivity index (χ1) is 10.2. The SMILES string of the molecule is O=c1onc(CN2CCCCC2)n1Cc1ccc(F)cc1. The molecule has 2 aromatic rings. The fourth-order valence-corrected chi connectivity index (χ4v) is 2.66. The molecule has 21 heavy (non-hydrogen) atoms. The highest BCUT2D eigenvalue weighted by atomic mass is 19.1. The van der Waals surface area contributed by atoms with E-state index in [4.69, 9.17) is 4.52 Å². The van der Waals surface area contributed by atoms with Gasteiger partial charge in [-0.1, -0.05) is 23.7 Å². The van der Waals surface area contributed by atoms with E-state index >= 15 is 0 Å². The summed E-state index contributed by atoms with van der Waals surface area (Å²) >= 11 is 0. The molecule has 0 unspecified atom stereocenters. The van der Waals surface area contributed by atoms with Gasteiger partial charge in [-0.3, -0.25) is 14.0 Å². The molecule has 0 aliphatic carbocycles. The highest BCUT2D eigenvalue weighted by Crippen LogP contribution is 2.12. The van der Waals surface area contributed by atoms with Crippen molar-refractivity contribution in [1.29, 1.82) is 0 Å². The number of hydrogen-bond acceptors (Lipinski definition) is 4. The average Bonchev–Trinajstić information content (AvgIpc) is 2.84. The van der Waals surface area contributed by atoms with Crippen LogP contribution in [-0.2, 0) is 13.1 Å². The molecule has 1 fully saturated rings. The van der Waals surface area contributed by atoms with Crippen LogP contribution in [0.5, 0.6) is 0 Å². The Bertz CT molecular complexity index is 642. The van der Waals surface area contributed by atoms with E-state index in [1.807, 2.05) is 0 Å². The second kappa shape index (κ2) is 6.22. The normalized spacial score (nSPS) is 16.2. The van der Waals surface area contributed by atoms with E-state index in [2.05, 4.69) is 10.1 Å². The van der Waals surface area contributed by atoms with Crippen molar-refractivity contribution in [2.24, 2.45) is 0 Å². The quantitative estimate of drug-likeness (QED) is 0.864. The summed E-state index contributed by atoms with van der Waals surface area (Å²) in [6, 6.07) is 6.11. The molecule has 112 valence electrons. The second-order valence-electron chi connectivity index (χ2n) is 5.41. The van der Waals surface area contributed by atoms with Crippen molar-refractivity contribution in [1.82, 2.24) is 14.6 Å². The summed E-state index contributed by atoms with van der Waals surface area (Å²) in [6.07, 6.45) is 3.62. The average molecular weight is 291 g/mol. The van der Waals surface area contributed by atoms with Gasteiger partial charge in [0.2, 0.25) is 0 Å². The van der Waals surface area contributed by atoms with Crippen LogP contribution in [0.4, 0.5) is 4.39 Å². The van der Waals surface area contributed by atoms with E-state index in [9.17, 15) is 9.18 Å². The first-order valence-corrected chi connectivity index (χ1v) is 7.24. The number of benzene rings is 1. The molecule has 0 atom stereocenters. The smallest absolute Gasteiger partial charge is 0.296 e. The third-order valence-corrected chi connectivity index (χ3v) is 3.83. The Morgan fingerprint density at radius 3 is 2.52 bits per heavy atom. The Labute approximate surface area is 122 Å². The minimum Gasteiger partial charge on any atom is -0.296 e. The van der Waals surface area contributed by atoms with Crippen LogP contribution >= 0.6 is 0 Å².